The molecule has 1 atom stereocenters. The Bertz CT molecular complexity index is 418. The second kappa shape index (κ2) is 10.6. The van der Waals surface area contributed by atoms with E-state index >= 15 is 0 Å². The van der Waals surface area contributed by atoms with E-state index in [2.05, 4.69) is 20.8 Å². The molecule has 2 saturated carbocycles. The minimum atomic E-state index is -0.130. The molecule has 0 N–H and O–H groups in total. The summed E-state index contributed by atoms with van der Waals surface area (Å²) in [5.74, 6) is 2.06. The molecule has 0 aromatic carbocycles. The third kappa shape index (κ3) is 5.41. The highest BCUT2D eigenvalue weighted by Gasteiger charge is 2.52. The van der Waals surface area contributed by atoms with Crippen molar-refractivity contribution in [3.05, 3.63) is 0 Å². The smallest absolute Gasteiger partial charge is 0.133 e. The van der Waals surface area contributed by atoms with E-state index in [-0.39, 0.29) is 5.60 Å². The van der Waals surface area contributed by atoms with Gasteiger partial charge in [0.25, 0.3) is 0 Å². The van der Waals surface area contributed by atoms with Gasteiger partial charge in [0.2, 0.25) is 0 Å². The summed E-state index contributed by atoms with van der Waals surface area (Å²) in [7, 11) is 0. The number of hydrogen-bond donors (Lipinski definition) is 0. The normalized spacial score (nSPS) is 20.9. The van der Waals surface area contributed by atoms with Crippen molar-refractivity contribution >= 4 is 11.6 Å². The van der Waals surface area contributed by atoms with Crippen LogP contribution in [0.15, 0.2) is 0 Å². The van der Waals surface area contributed by atoms with Gasteiger partial charge in [-0.15, -0.1) is 0 Å². The third-order valence-corrected chi connectivity index (χ3v) is 6.82. The van der Waals surface area contributed by atoms with Crippen LogP contribution in [0.3, 0.4) is 0 Å². The molecular formula is C23H40O3. The number of carbonyl (C=O) groups is 2. The van der Waals surface area contributed by atoms with Crippen LogP contribution in [-0.2, 0) is 14.3 Å². The van der Waals surface area contributed by atoms with Crippen molar-refractivity contribution in [2.24, 2.45) is 17.8 Å². The van der Waals surface area contributed by atoms with Crippen molar-refractivity contribution in [2.45, 2.75) is 110 Å². The van der Waals surface area contributed by atoms with E-state index in [4.69, 9.17) is 4.74 Å². The average molecular weight is 365 g/mol. The largest absolute Gasteiger partial charge is 0.375 e. The van der Waals surface area contributed by atoms with E-state index in [0.29, 0.717) is 55.0 Å². The van der Waals surface area contributed by atoms with E-state index in [0.717, 1.165) is 19.4 Å². The summed E-state index contributed by atoms with van der Waals surface area (Å²) in [6, 6.07) is 0. The van der Waals surface area contributed by atoms with Crippen LogP contribution < -0.4 is 0 Å². The second-order valence-electron chi connectivity index (χ2n) is 8.66. The molecule has 0 saturated heterocycles. The monoisotopic (exact) mass is 364 g/mol. The summed E-state index contributed by atoms with van der Waals surface area (Å²) < 4.78 is 6.45. The summed E-state index contributed by atoms with van der Waals surface area (Å²) in [6.45, 7) is 7.31. The standard InChI is InChI=1S/C23H40O3/c1-4-7-8-9-10-11-12-13-23(5-2,26-6-3)22(18-14-20(24)15-18)19-16-21(25)17-19/h18-19,22H,4-17H2,1-3H3. The van der Waals surface area contributed by atoms with Crippen LogP contribution >= 0.6 is 0 Å². The minimum absolute atomic E-state index is 0.130. The zero-order valence-electron chi connectivity index (χ0n) is 17.4. The first-order chi connectivity index (χ1) is 12.6. The molecule has 2 rings (SSSR count). The van der Waals surface area contributed by atoms with Gasteiger partial charge in [0.15, 0.2) is 0 Å². The van der Waals surface area contributed by atoms with Crippen LogP contribution in [-0.4, -0.2) is 23.8 Å². The maximum absolute atomic E-state index is 11.7. The maximum Gasteiger partial charge on any atom is 0.133 e. The zero-order chi connectivity index (χ0) is 19.0. The first-order valence-corrected chi connectivity index (χ1v) is 11.2. The SMILES string of the molecule is CCCCCCCCCC(CC)(OCC)C(C1CC(=O)C1)C1CC(=O)C1. The van der Waals surface area contributed by atoms with Crippen molar-refractivity contribution in [2.75, 3.05) is 6.61 Å². The quantitative estimate of drug-likeness (QED) is 0.361. The van der Waals surface area contributed by atoms with Crippen LogP contribution in [0.25, 0.3) is 0 Å². The Balaban J connectivity index is 1.96. The van der Waals surface area contributed by atoms with Crippen LogP contribution in [0.5, 0.6) is 0 Å². The lowest BCUT2D eigenvalue weighted by molar-refractivity contribution is -0.161. The van der Waals surface area contributed by atoms with E-state index in [1.54, 1.807) is 0 Å². The Morgan fingerprint density at radius 2 is 1.35 bits per heavy atom. The second-order valence-corrected chi connectivity index (χ2v) is 8.66. The molecule has 3 heteroatoms. The molecule has 0 heterocycles. The summed E-state index contributed by atoms with van der Waals surface area (Å²) >= 11 is 0. The van der Waals surface area contributed by atoms with Gasteiger partial charge < -0.3 is 4.74 Å². The lowest BCUT2D eigenvalue weighted by atomic mass is 9.56. The topological polar surface area (TPSA) is 43.4 Å². The summed E-state index contributed by atoms with van der Waals surface area (Å²) in [5, 5.41) is 0. The highest BCUT2D eigenvalue weighted by atomic mass is 16.5. The van der Waals surface area contributed by atoms with Crippen molar-refractivity contribution in [3.63, 3.8) is 0 Å². The van der Waals surface area contributed by atoms with E-state index in [1.807, 2.05) is 0 Å². The minimum Gasteiger partial charge on any atom is -0.375 e. The van der Waals surface area contributed by atoms with Gasteiger partial charge in [-0.2, -0.15) is 0 Å². The Kier molecular flexibility index (Phi) is 8.79. The Labute approximate surface area is 160 Å². The molecule has 2 aliphatic carbocycles. The maximum atomic E-state index is 11.7. The number of ketones is 2. The first kappa shape index (κ1) is 21.6. The highest BCUT2D eigenvalue weighted by Crippen LogP contribution is 2.51. The summed E-state index contributed by atoms with van der Waals surface area (Å²) in [6.07, 6.45) is 14.1. The number of hydrogen-bond acceptors (Lipinski definition) is 3. The molecule has 0 spiro atoms. The zero-order valence-corrected chi connectivity index (χ0v) is 17.4. The Morgan fingerprint density at radius 1 is 0.846 bits per heavy atom. The Morgan fingerprint density at radius 3 is 1.77 bits per heavy atom. The van der Waals surface area contributed by atoms with Gasteiger partial charge in [-0.3, -0.25) is 9.59 Å². The van der Waals surface area contributed by atoms with Crippen LogP contribution in [0.1, 0.15) is 104 Å². The van der Waals surface area contributed by atoms with Gasteiger partial charge in [-0.05, 0) is 37.5 Å². The molecule has 0 amide bonds. The molecule has 2 aliphatic rings. The average Bonchev–Trinajstić information content (AvgIpc) is 2.57. The van der Waals surface area contributed by atoms with Gasteiger partial charge in [-0.1, -0.05) is 58.8 Å². The molecule has 0 aromatic rings. The fourth-order valence-electron chi connectivity index (χ4n) is 5.32. The number of unbranched alkanes of at least 4 members (excludes halogenated alkanes) is 6. The molecule has 0 aliphatic heterocycles. The van der Waals surface area contributed by atoms with Crippen molar-refractivity contribution < 1.29 is 14.3 Å². The predicted octanol–water partition coefficient (Wildman–Crippen LogP) is 5.89. The molecule has 150 valence electrons. The molecule has 0 bridgehead atoms. The highest BCUT2D eigenvalue weighted by molar-refractivity contribution is 5.86. The third-order valence-electron chi connectivity index (χ3n) is 6.82. The fraction of sp³-hybridized carbons (Fsp3) is 0.913. The fourth-order valence-corrected chi connectivity index (χ4v) is 5.32. The predicted molar refractivity (Wildman–Crippen MR) is 106 cm³/mol. The lowest BCUT2D eigenvalue weighted by Gasteiger charge is -2.51. The molecule has 3 nitrogen and oxygen atoms in total. The van der Waals surface area contributed by atoms with Crippen LogP contribution in [0.4, 0.5) is 0 Å². The molecule has 0 aromatic heterocycles. The number of Topliss-reactive ketones (excluding diaryl/α,β-unsaturated/α-hetero) is 2. The lowest BCUT2D eigenvalue weighted by Crippen LogP contribution is -2.53. The van der Waals surface area contributed by atoms with E-state index in [1.165, 1.54) is 44.9 Å². The molecule has 0 radical (unpaired) electrons. The van der Waals surface area contributed by atoms with Gasteiger partial charge in [0.05, 0.1) is 5.60 Å². The summed E-state index contributed by atoms with van der Waals surface area (Å²) in [4.78, 5) is 23.3. The van der Waals surface area contributed by atoms with Crippen molar-refractivity contribution in [1.82, 2.24) is 0 Å². The van der Waals surface area contributed by atoms with Gasteiger partial charge in [0, 0.05) is 32.3 Å². The van der Waals surface area contributed by atoms with E-state index < -0.39 is 0 Å². The van der Waals surface area contributed by atoms with Crippen molar-refractivity contribution in [1.29, 1.82) is 0 Å². The van der Waals surface area contributed by atoms with Crippen LogP contribution in [0.2, 0.25) is 0 Å². The van der Waals surface area contributed by atoms with Crippen LogP contribution in [0, 0.1) is 17.8 Å². The molecule has 26 heavy (non-hydrogen) atoms. The molecule has 2 fully saturated rings. The van der Waals surface area contributed by atoms with Gasteiger partial charge in [0.1, 0.15) is 11.6 Å². The Hall–Kier alpha value is -0.700. The first-order valence-electron chi connectivity index (χ1n) is 11.2. The number of ether oxygens (including phenoxy) is 1. The summed E-state index contributed by atoms with van der Waals surface area (Å²) in [5.41, 5.74) is -0.130. The molecule has 1 unspecified atom stereocenters. The van der Waals surface area contributed by atoms with Gasteiger partial charge in [-0.25, -0.2) is 0 Å². The van der Waals surface area contributed by atoms with E-state index in [9.17, 15) is 9.59 Å². The number of carbonyl (C=O) groups excluding carboxylic acids is 2. The number of rotatable bonds is 14. The van der Waals surface area contributed by atoms with Gasteiger partial charge >= 0.3 is 0 Å². The van der Waals surface area contributed by atoms with Crippen molar-refractivity contribution in [3.8, 4) is 0 Å². The molecular weight excluding hydrogens is 324 g/mol.